The molecule has 1 unspecified atom stereocenters. The van der Waals surface area contributed by atoms with Crippen molar-refractivity contribution in [2.24, 2.45) is 0 Å². The molecule has 6 heteroatoms. The van der Waals surface area contributed by atoms with Crippen LogP contribution < -0.4 is 10.1 Å². The van der Waals surface area contributed by atoms with Gasteiger partial charge in [0.05, 0.1) is 37.5 Å². The highest BCUT2D eigenvalue weighted by Gasteiger charge is 2.23. The summed E-state index contributed by atoms with van der Waals surface area (Å²) in [6.07, 6.45) is 0. The van der Waals surface area contributed by atoms with Crippen LogP contribution in [-0.4, -0.2) is 10.2 Å². The second-order valence-corrected chi connectivity index (χ2v) is 6.86. The number of esters is 1. The molecule has 4 nitrogen and oxygen atoms in total. The maximum Gasteiger partial charge on any atom is 0.343 e. The molecule has 1 N–H and O–H groups in total. The lowest BCUT2D eigenvalue weighted by molar-refractivity contribution is 0.0734. The van der Waals surface area contributed by atoms with E-state index in [1.165, 1.54) is 18.2 Å². The Hall–Kier alpha value is -2.99. The van der Waals surface area contributed by atoms with Gasteiger partial charge in [-0.05, 0) is 48.5 Å². The van der Waals surface area contributed by atoms with Gasteiger partial charge in [0, 0.05) is 0 Å². The minimum atomic E-state index is -1.56. The highest BCUT2D eigenvalue weighted by molar-refractivity contribution is 7.85. The minimum Gasteiger partial charge on any atom is -0.423 e. The van der Waals surface area contributed by atoms with Crippen LogP contribution in [0.25, 0.3) is 0 Å². The molecule has 1 heterocycles. The first-order valence-electron chi connectivity index (χ1n) is 7.51. The van der Waals surface area contributed by atoms with E-state index in [9.17, 15) is 13.4 Å². The quantitative estimate of drug-likeness (QED) is 0.432. The predicted octanol–water partition coefficient (Wildman–Crippen LogP) is 4.27. The van der Waals surface area contributed by atoms with Crippen molar-refractivity contribution in [3.05, 3.63) is 78.1 Å². The summed E-state index contributed by atoms with van der Waals surface area (Å²) in [5.41, 5.74) is 1.66. The van der Waals surface area contributed by atoms with Crippen LogP contribution in [0.1, 0.15) is 10.4 Å². The number of fused-ring (bicyclic) bond motifs is 2. The smallest absolute Gasteiger partial charge is 0.343 e. The maximum atomic E-state index is 13.5. The Morgan fingerprint density at radius 3 is 2.36 bits per heavy atom. The number of halogens is 1. The van der Waals surface area contributed by atoms with E-state index in [4.69, 9.17) is 4.74 Å². The van der Waals surface area contributed by atoms with E-state index >= 15 is 0 Å². The van der Waals surface area contributed by atoms with Crippen LogP contribution in [0.5, 0.6) is 5.75 Å². The van der Waals surface area contributed by atoms with Crippen molar-refractivity contribution >= 4 is 28.1 Å². The Labute approximate surface area is 145 Å². The van der Waals surface area contributed by atoms with Gasteiger partial charge in [0.1, 0.15) is 11.6 Å². The monoisotopic (exact) mass is 353 g/mol. The number of hydrogen-bond donors (Lipinski definition) is 1. The molecule has 0 saturated heterocycles. The first-order chi connectivity index (χ1) is 12.1. The number of ether oxygens (including phenoxy) is 1. The van der Waals surface area contributed by atoms with Crippen LogP contribution in [-0.2, 0) is 10.8 Å². The summed E-state index contributed by atoms with van der Waals surface area (Å²) in [6, 6.07) is 17.5. The summed E-state index contributed by atoms with van der Waals surface area (Å²) in [5.74, 6) is -0.673. The average Bonchev–Trinajstić information content (AvgIpc) is 2.64. The van der Waals surface area contributed by atoms with Crippen LogP contribution in [0.15, 0.2) is 76.5 Å². The van der Waals surface area contributed by atoms with E-state index in [0.29, 0.717) is 26.7 Å². The number of carbonyl (C=O) groups excluding carboxylic acids is 1. The number of hydrogen-bond acceptors (Lipinski definition) is 4. The molecule has 4 rings (SSSR count). The molecule has 0 amide bonds. The number of rotatable bonds is 2. The molecule has 0 aliphatic carbocycles. The Morgan fingerprint density at radius 2 is 1.60 bits per heavy atom. The molecule has 0 spiro atoms. The van der Waals surface area contributed by atoms with E-state index in [-0.39, 0.29) is 5.75 Å². The average molecular weight is 353 g/mol. The standard InChI is InChI=1S/C19H12FNO3S/c20-13-6-8-15-17(10-13)25(23)18-11-14(7-9-16(18)21-15)24-19(22)12-4-2-1-3-5-12/h1-11,21H. The Morgan fingerprint density at radius 1 is 0.920 bits per heavy atom. The summed E-state index contributed by atoms with van der Waals surface area (Å²) >= 11 is 0. The van der Waals surface area contributed by atoms with Gasteiger partial charge in [-0.25, -0.2) is 13.4 Å². The van der Waals surface area contributed by atoms with E-state index in [2.05, 4.69) is 5.32 Å². The van der Waals surface area contributed by atoms with Crippen molar-refractivity contribution in [2.45, 2.75) is 9.79 Å². The lowest BCUT2D eigenvalue weighted by Gasteiger charge is -2.21. The van der Waals surface area contributed by atoms with Crippen molar-refractivity contribution in [3.8, 4) is 5.75 Å². The van der Waals surface area contributed by atoms with E-state index in [1.807, 2.05) is 0 Å². The molecule has 0 bridgehead atoms. The molecular formula is C19H12FNO3S. The molecule has 25 heavy (non-hydrogen) atoms. The summed E-state index contributed by atoms with van der Waals surface area (Å²) in [6.45, 7) is 0. The van der Waals surface area contributed by atoms with Crippen LogP contribution in [0.3, 0.4) is 0 Å². The third-order valence-corrected chi connectivity index (χ3v) is 5.26. The van der Waals surface area contributed by atoms with E-state index < -0.39 is 22.6 Å². The SMILES string of the molecule is O=C(Oc1ccc2c(c1)S(=O)c1cc(F)ccc1N2)c1ccccc1. The minimum absolute atomic E-state index is 0.280. The van der Waals surface area contributed by atoms with Crippen LogP contribution >= 0.6 is 0 Å². The normalized spacial score (nSPS) is 14.8. The molecule has 3 aromatic rings. The first-order valence-corrected chi connectivity index (χ1v) is 8.66. The number of nitrogens with one attached hydrogen (secondary N) is 1. The second kappa shape index (κ2) is 6.14. The molecule has 0 fully saturated rings. The van der Waals surface area contributed by atoms with Crippen molar-refractivity contribution in [1.82, 2.24) is 0 Å². The van der Waals surface area contributed by atoms with Crippen LogP contribution in [0.4, 0.5) is 15.8 Å². The van der Waals surface area contributed by atoms with Gasteiger partial charge in [-0.2, -0.15) is 0 Å². The second-order valence-electron chi connectivity index (χ2n) is 5.45. The molecule has 3 aromatic carbocycles. The predicted molar refractivity (Wildman–Crippen MR) is 92.2 cm³/mol. The zero-order chi connectivity index (χ0) is 17.4. The van der Waals surface area contributed by atoms with Crippen LogP contribution in [0, 0.1) is 5.82 Å². The zero-order valence-corrected chi connectivity index (χ0v) is 13.7. The fraction of sp³-hybridized carbons (Fsp3) is 0. The third-order valence-electron chi connectivity index (χ3n) is 3.79. The topological polar surface area (TPSA) is 55.4 Å². The molecule has 0 aromatic heterocycles. The van der Waals surface area contributed by atoms with Gasteiger partial charge < -0.3 is 10.1 Å². The van der Waals surface area contributed by atoms with Gasteiger partial charge in [0.15, 0.2) is 0 Å². The lowest BCUT2D eigenvalue weighted by Crippen LogP contribution is -2.11. The summed E-state index contributed by atoms with van der Waals surface area (Å²) < 4.78 is 31.5. The number of carbonyl (C=O) groups is 1. The van der Waals surface area contributed by atoms with Gasteiger partial charge in [0.25, 0.3) is 0 Å². The summed E-state index contributed by atoms with van der Waals surface area (Å²) in [7, 11) is -1.56. The van der Waals surface area contributed by atoms with Crippen LogP contribution in [0.2, 0.25) is 0 Å². The van der Waals surface area contributed by atoms with Crippen molar-refractivity contribution in [2.75, 3.05) is 5.32 Å². The highest BCUT2D eigenvalue weighted by Crippen LogP contribution is 2.38. The van der Waals surface area contributed by atoms with Crippen molar-refractivity contribution < 1.29 is 18.1 Å². The summed E-state index contributed by atoms with van der Waals surface area (Å²) in [4.78, 5) is 12.9. The van der Waals surface area contributed by atoms with Crippen molar-refractivity contribution in [3.63, 3.8) is 0 Å². The van der Waals surface area contributed by atoms with E-state index in [1.54, 1.807) is 48.5 Å². The van der Waals surface area contributed by atoms with E-state index in [0.717, 1.165) is 0 Å². The number of benzene rings is 3. The Bertz CT molecular complexity index is 1000. The summed E-state index contributed by atoms with van der Waals surface area (Å²) in [5, 5.41) is 3.11. The third kappa shape index (κ3) is 2.92. The molecular weight excluding hydrogens is 341 g/mol. The van der Waals surface area contributed by atoms with Gasteiger partial charge >= 0.3 is 5.97 Å². The number of anilines is 2. The largest absolute Gasteiger partial charge is 0.423 e. The van der Waals surface area contributed by atoms with Gasteiger partial charge in [0.2, 0.25) is 0 Å². The fourth-order valence-electron chi connectivity index (χ4n) is 2.58. The fourth-order valence-corrected chi connectivity index (χ4v) is 3.90. The molecule has 124 valence electrons. The molecule has 1 aliphatic heterocycles. The Balaban J connectivity index is 1.65. The van der Waals surface area contributed by atoms with Gasteiger partial charge in [-0.1, -0.05) is 18.2 Å². The molecule has 0 radical (unpaired) electrons. The lowest BCUT2D eigenvalue weighted by atomic mass is 10.2. The van der Waals surface area contributed by atoms with Crippen molar-refractivity contribution in [1.29, 1.82) is 0 Å². The highest BCUT2D eigenvalue weighted by atomic mass is 32.2. The van der Waals surface area contributed by atoms with Gasteiger partial charge in [-0.15, -0.1) is 0 Å². The molecule has 1 aliphatic rings. The molecule has 0 saturated carbocycles. The Kier molecular flexibility index (Phi) is 3.82. The maximum absolute atomic E-state index is 13.5. The molecule has 1 atom stereocenters. The van der Waals surface area contributed by atoms with Gasteiger partial charge in [-0.3, -0.25) is 0 Å². The first kappa shape index (κ1) is 15.5. The zero-order valence-electron chi connectivity index (χ0n) is 12.9.